The highest BCUT2D eigenvalue weighted by Gasteiger charge is 2.58. The number of hydrogen-bond acceptors (Lipinski definition) is 5. The topological polar surface area (TPSA) is 76.1 Å². The van der Waals surface area contributed by atoms with Gasteiger partial charge < -0.3 is 14.6 Å². The molecule has 1 atom stereocenters. The predicted molar refractivity (Wildman–Crippen MR) is 123 cm³/mol. The third kappa shape index (κ3) is 5.47. The first kappa shape index (κ1) is 25.4. The molecule has 1 amide bonds. The van der Waals surface area contributed by atoms with Crippen molar-refractivity contribution in [1.82, 2.24) is 0 Å². The number of esters is 1. The number of carbonyl (C=O) groups is 2. The van der Waals surface area contributed by atoms with E-state index in [0.717, 1.165) is 15.4 Å². The smallest absolute Gasteiger partial charge is 0.414 e. The molecule has 33 heavy (non-hydrogen) atoms. The van der Waals surface area contributed by atoms with Gasteiger partial charge in [-0.15, -0.1) is 0 Å². The molecule has 0 spiro atoms. The molecule has 1 heterocycles. The lowest BCUT2D eigenvalue weighted by Gasteiger charge is -2.35. The molecule has 0 aliphatic carbocycles. The SMILES string of the molecule is CC(C)(C)OC(=O)N1CCC(F)(F)[C@](O)(COC(=O)c2ccc(Br)cc2)c2cc(Cl)ccc21. The number of hydrogen-bond donors (Lipinski definition) is 1. The van der Waals surface area contributed by atoms with Crippen LogP contribution in [0, 0.1) is 0 Å². The zero-order valence-corrected chi connectivity index (χ0v) is 20.5. The average Bonchev–Trinajstić information content (AvgIpc) is 2.79. The van der Waals surface area contributed by atoms with Crippen molar-refractivity contribution in [3.63, 3.8) is 0 Å². The van der Waals surface area contributed by atoms with E-state index >= 15 is 8.78 Å². The van der Waals surface area contributed by atoms with E-state index < -0.39 is 48.8 Å². The van der Waals surface area contributed by atoms with E-state index in [1.54, 1.807) is 32.9 Å². The van der Waals surface area contributed by atoms with E-state index in [1.165, 1.54) is 24.3 Å². The molecule has 0 radical (unpaired) electrons. The minimum atomic E-state index is -3.76. The number of ether oxygens (including phenoxy) is 2. The molecular formula is C23H23BrClF2NO5. The molecule has 1 aliphatic rings. The lowest BCUT2D eigenvalue weighted by Crippen LogP contribution is -2.49. The molecule has 0 fully saturated rings. The van der Waals surface area contributed by atoms with E-state index in [2.05, 4.69) is 15.9 Å². The van der Waals surface area contributed by atoms with Crippen LogP contribution in [0.1, 0.15) is 43.1 Å². The van der Waals surface area contributed by atoms with Gasteiger partial charge in [0.15, 0.2) is 5.60 Å². The maximum atomic E-state index is 15.3. The van der Waals surface area contributed by atoms with Crippen molar-refractivity contribution < 1.29 is 33.0 Å². The van der Waals surface area contributed by atoms with Crippen LogP contribution in [0.4, 0.5) is 19.3 Å². The number of aliphatic hydroxyl groups is 1. The highest BCUT2D eigenvalue weighted by atomic mass is 79.9. The molecule has 1 N–H and O–H groups in total. The Morgan fingerprint density at radius 3 is 2.42 bits per heavy atom. The van der Waals surface area contributed by atoms with Gasteiger partial charge in [0.05, 0.1) is 11.3 Å². The van der Waals surface area contributed by atoms with Crippen LogP contribution in [0.5, 0.6) is 0 Å². The van der Waals surface area contributed by atoms with Gasteiger partial charge in [0, 0.05) is 28.0 Å². The largest absolute Gasteiger partial charge is 0.458 e. The zero-order chi connectivity index (χ0) is 24.6. The molecule has 2 aromatic rings. The summed E-state index contributed by atoms with van der Waals surface area (Å²) in [6.07, 6.45) is -1.75. The minimum Gasteiger partial charge on any atom is -0.458 e. The molecule has 178 valence electrons. The second kappa shape index (κ2) is 9.19. The van der Waals surface area contributed by atoms with Crippen molar-refractivity contribution in [3.05, 3.63) is 63.1 Å². The van der Waals surface area contributed by atoms with Crippen LogP contribution in [0.3, 0.4) is 0 Å². The van der Waals surface area contributed by atoms with Crippen molar-refractivity contribution in [3.8, 4) is 0 Å². The molecule has 1 aliphatic heterocycles. The molecule has 2 aromatic carbocycles. The van der Waals surface area contributed by atoms with Gasteiger partial charge in [-0.25, -0.2) is 18.4 Å². The van der Waals surface area contributed by atoms with Gasteiger partial charge in [0.2, 0.25) is 0 Å². The number of carbonyl (C=O) groups excluding carboxylic acids is 2. The number of fused-ring (bicyclic) bond motifs is 1. The highest BCUT2D eigenvalue weighted by Crippen LogP contribution is 2.48. The number of benzene rings is 2. The van der Waals surface area contributed by atoms with E-state index in [1.807, 2.05) is 0 Å². The van der Waals surface area contributed by atoms with E-state index in [0.29, 0.717) is 0 Å². The molecule has 10 heteroatoms. The van der Waals surface area contributed by atoms with Crippen LogP contribution in [-0.4, -0.2) is 41.8 Å². The van der Waals surface area contributed by atoms with Crippen molar-refractivity contribution in [1.29, 1.82) is 0 Å². The number of amides is 1. The lowest BCUT2D eigenvalue weighted by atomic mass is 9.86. The second-order valence-corrected chi connectivity index (χ2v) is 10.0. The second-order valence-electron chi connectivity index (χ2n) is 8.69. The third-order valence-electron chi connectivity index (χ3n) is 5.06. The Bertz CT molecular complexity index is 1060. The van der Waals surface area contributed by atoms with Crippen molar-refractivity contribution in [2.24, 2.45) is 0 Å². The average molecular weight is 547 g/mol. The van der Waals surface area contributed by atoms with Crippen LogP contribution < -0.4 is 4.90 Å². The molecular weight excluding hydrogens is 524 g/mol. The molecule has 0 saturated heterocycles. The van der Waals surface area contributed by atoms with Crippen molar-refractivity contribution in [2.45, 2.75) is 44.3 Å². The predicted octanol–water partition coefficient (Wildman–Crippen LogP) is 5.93. The lowest BCUT2D eigenvalue weighted by molar-refractivity contribution is -0.205. The van der Waals surface area contributed by atoms with Gasteiger partial charge in [-0.05, 0) is 63.2 Å². The summed E-state index contributed by atoms with van der Waals surface area (Å²) in [5.41, 5.74) is -4.02. The van der Waals surface area contributed by atoms with Gasteiger partial charge in [0.1, 0.15) is 12.2 Å². The Hall–Kier alpha value is -2.23. The maximum Gasteiger partial charge on any atom is 0.414 e. The standard InChI is InChI=1S/C23H23BrClF2NO5/c1-21(2,3)33-20(30)28-11-10-23(26,27)22(31,17-12-16(25)8-9-18(17)28)13-32-19(29)14-4-6-15(24)7-5-14/h4-9,12,31H,10-11,13H2,1-3H3/t22-/m0/s1. The van der Waals surface area contributed by atoms with Gasteiger partial charge in [-0.3, -0.25) is 4.90 Å². The summed E-state index contributed by atoms with van der Waals surface area (Å²) in [6.45, 7) is 3.47. The number of nitrogens with zero attached hydrogens (tertiary/aromatic N) is 1. The fraction of sp³-hybridized carbons (Fsp3) is 0.391. The first-order valence-electron chi connectivity index (χ1n) is 10.1. The van der Waals surface area contributed by atoms with Crippen LogP contribution in [0.15, 0.2) is 46.9 Å². The molecule has 6 nitrogen and oxygen atoms in total. The Kier molecular flexibility index (Phi) is 7.07. The first-order chi connectivity index (χ1) is 15.2. The highest BCUT2D eigenvalue weighted by molar-refractivity contribution is 9.10. The zero-order valence-electron chi connectivity index (χ0n) is 18.2. The Morgan fingerprint density at radius 2 is 1.82 bits per heavy atom. The van der Waals surface area contributed by atoms with E-state index in [9.17, 15) is 14.7 Å². The maximum absolute atomic E-state index is 15.3. The van der Waals surface area contributed by atoms with Crippen LogP contribution in [0.25, 0.3) is 0 Å². The molecule has 0 unspecified atom stereocenters. The van der Waals surface area contributed by atoms with Crippen molar-refractivity contribution >= 4 is 45.3 Å². The van der Waals surface area contributed by atoms with Crippen LogP contribution in [0.2, 0.25) is 5.02 Å². The summed E-state index contributed by atoms with van der Waals surface area (Å²) in [5.74, 6) is -4.65. The third-order valence-corrected chi connectivity index (χ3v) is 5.82. The van der Waals surface area contributed by atoms with Gasteiger partial charge >= 0.3 is 12.1 Å². The summed E-state index contributed by atoms with van der Waals surface area (Å²) >= 11 is 9.30. The van der Waals surface area contributed by atoms with Gasteiger partial charge in [-0.2, -0.15) is 0 Å². The van der Waals surface area contributed by atoms with Gasteiger partial charge in [0.25, 0.3) is 5.92 Å². The molecule has 0 aromatic heterocycles. The summed E-state index contributed by atoms with van der Waals surface area (Å²) < 4.78 is 41.9. The Balaban J connectivity index is 2.00. The van der Waals surface area contributed by atoms with E-state index in [-0.39, 0.29) is 21.8 Å². The number of anilines is 1. The minimum absolute atomic E-state index is 0.00647. The van der Waals surface area contributed by atoms with Crippen molar-refractivity contribution in [2.75, 3.05) is 18.1 Å². The summed E-state index contributed by atoms with van der Waals surface area (Å²) in [7, 11) is 0. The number of alkyl halides is 2. The molecule has 0 saturated carbocycles. The fourth-order valence-electron chi connectivity index (χ4n) is 3.38. The number of halogens is 4. The normalized spacial score (nSPS) is 19.9. The monoisotopic (exact) mass is 545 g/mol. The summed E-state index contributed by atoms with van der Waals surface area (Å²) in [4.78, 5) is 26.2. The number of rotatable bonds is 3. The molecule has 0 bridgehead atoms. The fourth-order valence-corrected chi connectivity index (χ4v) is 3.82. The van der Waals surface area contributed by atoms with Gasteiger partial charge in [-0.1, -0.05) is 27.5 Å². The summed E-state index contributed by atoms with van der Waals surface area (Å²) in [6, 6.07) is 10.0. The first-order valence-corrected chi connectivity index (χ1v) is 11.2. The quantitative estimate of drug-likeness (QED) is 0.483. The van der Waals surface area contributed by atoms with Crippen LogP contribution in [-0.2, 0) is 15.1 Å². The summed E-state index contributed by atoms with van der Waals surface area (Å²) in [5, 5.41) is 11.3. The Morgan fingerprint density at radius 1 is 1.18 bits per heavy atom. The Labute approximate surface area is 203 Å². The molecule has 3 rings (SSSR count). The van der Waals surface area contributed by atoms with E-state index in [4.69, 9.17) is 21.1 Å². The van der Waals surface area contributed by atoms with Crippen LogP contribution >= 0.6 is 27.5 Å².